The highest BCUT2D eigenvalue weighted by Gasteiger charge is 2.39. The zero-order valence-electron chi connectivity index (χ0n) is 14.6. The Morgan fingerprint density at radius 1 is 0.960 bits per heavy atom. The van der Waals surface area contributed by atoms with Gasteiger partial charge in [0.15, 0.2) is 0 Å². The Kier molecular flexibility index (Phi) is 5.55. The molecule has 0 atom stereocenters. The average Bonchev–Trinajstić information content (AvgIpc) is 2.59. The van der Waals surface area contributed by atoms with Gasteiger partial charge in [-0.05, 0) is 18.1 Å². The number of hydrogen-bond donors (Lipinski definition) is 0. The van der Waals surface area contributed by atoms with Crippen LogP contribution in [0.5, 0.6) is 0 Å². The molecule has 5 heteroatoms. The van der Waals surface area contributed by atoms with Gasteiger partial charge < -0.3 is 4.90 Å². The van der Waals surface area contributed by atoms with Crippen LogP contribution in [-0.4, -0.2) is 18.6 Å². The van der Waals surface area contributed by atoms with E-state index in [0.717, 1.165) is 10.5 Å². The number of carbonyl (C=O) groups is 1. The third-order valence-corrected chi connectivity index (χ3v) is 4.33. The average molecular weight is 349 g/mol. The molecule has 0 aromatic heterocycles. The van der Waals surface area contributed by atoms with Crippen LogP contribution in [0.15, 0.2) is 54.6 Å². The van der Waals surface area contributed by atoms with E-state index in [1.807, 2.05) is 30.3 Å². The second-order valence-corrected chi connectivity index (χ2v) is 6.63. The molecule has 0 aliphatic heterocycles. The van der Waals surface area contributed by atoms with E-state index in [2.05, 4.69) is 0 Å². The first kappa shape index (κ1) is 19.0. The van der Waals surface area contributed by atoms with Gasteiger partial charge in [-0.15, -0.1) is 0 Å². The number of anilines is 1. The number of carbonyl (C=O) groups excluding carboxylic acids is 1. The third kappa shape index (κ3) is 4.62. The number of alkyl halides is 3. The largest absolute Gasteiger partial charge is 0.406 e. The van der Waals surface area contributed by atoms with Crippen molar-refractivity contribution in [2.24, 2.45) is 5.41 Å². The lowest BCUT2D eigenvalue weighted by molar-refractivity contribution is -0.137. The molecule has 134 valence electrons. The molecular weight excluding hydrogens is 327 g/mol. The number of rotatable bonds is 5. The smallest absolute Gasteiger partial charge is 0.302 e. The van der Waals surface area contributed by atoms with Crippen LogP contribution in [0.25, 0.3) is 11.1 Å². The van der Waals surface area contributed by atoms with Gasteiger partial charge in [-0.2, -0.15) is 13.2 Å². The van der Waals surface area contributed by atoms with Gasteiger partial charge in [-0.1, -0.05) is 69.3 Å². The second kappa shape index (κ2) is 7.30. The van der Waals surface area contributed by atoms with E-state index in [-0.39, 0.29) is 5.69 Å². The number of benzene rings is 2. The normalized spacial score (nSPS) is 12.1. The van der Waals surface area contributed by atoms with Crippen LogP contribution in [0.4, 0.5) is 18.9 Å². The molecule has 0 bridgehead atoms. The number of hydrogen-bond acceptors (Lipinski definition) is 1. The van der Waals surface area contributed by atoms with Crippen molar-refractivity contribution in [3.8, 4) is 11.1 Å². The van der Waals surface area contributed by atoms with Gasteiger partial charge in [-0.3, -0.25) is 4.79 Å². The van der Waals surface area contributed by atoms with Crippen molar-refractivity contribution in [3.63, 3.8) is 0 Å². The summed E-state index contributed by atoms with van der Waals surface area (Å²) in [6.45, 7) is 3.83. The van der Waals surface area contributed by atoms with Gasteiger partial charge >= 0.3 is 6.18 Å². The summed E-state index contributed by atoms with van der Waals surface area (Å²) >= 11 is 0. The molecule has 0 fully saturated rings. The maximum atomic E-state index is 13.2. The van der Waals surface area contributed by atoms with Crippen LogP contribution in [0.2, 0.25) is 0 Å². The molecule has 1 amide bonds. The van der Waals surface area contributed by atoms with Crippen LogP contribution >= 0.6 is 0 Å². The van der Waals surface area contributed by atoms with Crippen LogP contribution in [0.3, 0.4) is 0 Å². The number of halogens is 3. The zero-order chi connectivity index (χ0) is 18.7. The Hall–Kier alpha value is -2.30. The molecule has 25 heavy (non-hydrogen) atoms. The van der Waals surface area contributed by atoms with E-state index < -0.39 is 24.0 Å². The summed E-state index contributed by atoms with van der Waals surface area (Å²) in [5, 5.41) is 0. The van der Waals surface area contributed by atoms with Crippen LogP contribution < -0.4 is 4.90 Å². The summed E-state index contributed by atoms with van der Waals surface area (Å²) < 4.78 is 39.6. The topological polar surface area (TPSA) is 20.3 Å². The lowest BCUT2D eigenvalue weighted by atomic mass is 9.88. The summed E-state index contributed by atoms with van der Waals surface area (Å²) in [5.41, 5.74) is 0.771. The zero-order valence-corrected chi connectivity index (χ0v) is 14.6. The van der Waals surface area contributed by atoms with E-state index in [4.69, 9.17) is 0 Å². The van der Waals surface area contributed by atoms with E-state index in [0.29, 0.717) is 12.0 Å². The highest BCUT2D eigenvalue weighted by Crippen LogP contribution is 2.36. The Labute approximate surface area is 146 Å². The first-order chi connectivity index (χ1) is 11.7. The van der Waals surface area contributed by atoms with E-state index in [1.165, 1.54) is 0 Å². The summed E-state index contributed by atoms with van der Waals surface area (Å²) in [7, 11) is 0. The SMILES string of the molecule is CCC(C)(C)C(=O)N(CC(F)(F)F)c1ccccc1-c1ccccc1. The summed E-state index contributed by atoms with van der Waals surface area (Å²) in [6, 6.07) is 15.8. The van der Waals surface area contributed by atoms with E-state index in [1.54, 1.807) is 45.0 Å². The molecule has 0 radical (unpaired) electrons. The van der Waals surface area contributed by atoms with Crippen LogP contribution in [0.1, 0.15) is 27.2 Å². The summed E-state index contributed by atoms with van der Waals surface area (Å²) in [4.78, 5) is 13.8. The molecule has 2 aromatic carbocycles. The van der Waals surface area contributed by atoms with E-state index >= 15 is 0 Å². The summed E-state index contributed by atoms with van der Waals surface area (Å²) in [5.74, 6) is -0.532. The van der Waals surface area contributed by atoms with Gasteiger partial charge in [0, 0.05) is 11.0 Å². The molecule has 0 heterocycles. The fourth-order valence-corrected chi connectivity index (χ4v) is 2.53. The molecule has 0 spiro atoms. The minimum Gasteiger partial charge on any atom is -0.302 e. The first-order valence-electron chi connectivity index (χ1n) is 8.19. The van der Waals surface area contributed by atoms with Gasteiger partial charge in [0.1, 0.15) is 6.54 Å². The Morgan fingerprint density at radius 3 is 2.08 bits per heavy atom. The number of amides is 1. The minimum absolute atomic E-state index is 0.276. The van der Waals surface area contributed by atoms with Crippen molar-refractivity contribution in [3.05, 3.63) is 54.6 Å². The Balaban J connectivity index is 2.57. The molecule has 0 N–H and O–H groups in total. The van der Waals surface area contributed by atoms with Crippen molar-refractivity contribution in [2.45, 2.75) is 33.4 Å². The van der Waals surface area contributed by atoms with Crippen LogP contribution in [0, 0.1) is 5.41 Å². The lowest BCUT2D eigenvalue weighted by Gasteiger charge is -2.33. The predicted molar refractivity (Wildman–Crippen MR) is 94.4 cm³/mol. The van der Waals surface area contributed by atoms with Crippen molar-refractivity contribution in [2.75, 3.05) is 11.4 Å². The predicted octanol–water partition coefficient (Wildman–Crippen LogP) is 5.69. The number of para-hydroxylation sites is 1. The highest BCUT2D eigenvalue weighted by atomic mass is 19.4. The maximum Gasteiger partial charge on any atom is 0.406 e. The minimum atomic E-state index is -4.48. The third-order valence-electron chi connectivity index (χ3n) is 4.33. The quantitative estimate of drug-likeness (QED) is 0.679. The molecule has 0 aliphatic carbocycles. The van der Waals surface area contributed by atoms with Gasteiger partial charge in [-0.25, -0.2) is 0 Å². The summed E-state index contributed by atoms with van der Waals surface area (Å²) in [6.07, 6.45) is -4.03. The maximum absolute atomic E-state index is 13.2. The second-order valence-electron chi connectivity index (χ2n) is 6.63. The molecule has 2 rings (SSSR count). The Bertz CT molecular complexity index is 723. The van der Waals surface area contributed by atoms with Crippen molar-refractivity contribution in [1.82, 2.24) is 0 Å². The fourth-order valence-electron chi connectivity index (χ4n) is 2.53. The van der Waals surface area contributed by atoms with Crippen molar-refractivity contribution >= 4 is 11.6 Å². The molecule has 0 aliphatic rings. The molecule has 0 saturated carbocycles. The fraction of sp³-hybridized carbons (Fsp3) is 0.350. The standard InChI is InChI=1S/C20H22F3NO/c1-4-19(2,3)18(25)24(14-20(21,22)23)17-13-9-8-12-16(17)15-10-6-5-7-11-15/h5-13H,4,14H2,1-3H3. The molecule has 0 unspecified atom stereocenters. The monoisotopic (exact) mass is 349 g/mol. The van der Waals surface area contributed by atoms with Gasteiger partial charge in [0.25, 0.3) is 0 Å². The van der Waals surface area contributed by atoms with E-state index in [9.17, 15) is 18.0 Å². The van der Waals surface area contributed by atoms with Gasteiger partial charge in [0.2, 0.25) is 5.91 Å². The van der Waals surface area contributed by atoms with Gasteiger partial charge in [0.05, 0.1) is 5.69 Å². The Morgan fingerprint density at radius 2 is 1.52 bits per heavy atom. The van der Waals surface area contributed by atoms with Crippen molar-refractivity contribution < 1.29 is 18.0 Å². The highest BCUT2D eigenvalue weighted by molar-refractivity contribution is 6.00. The molecule has 2 nitrogen and oxygen atoms in total. The molecular formula is C20H22F3NO. The number of nitrogens with zero attached hydrogens (tertiary/aromatic N) is 1. The molecule has 2 aromatic rings. The molecule has 0 saturated heterocycles. The first-order valence-corrected chi connectivity index (χ1v) is 8.19. The van der Waals surface area contributed by atoms with Crippen molar-refractivity contribution in [1.29, 1.82) is 0 Å². The lowest BCUT2D eigenvalue weighted by Crippen LogP contribution is -2.45. The van der Waals surface area contributed by atoms with Crippen LogP contribution in [-0.2, 0) is 4.79 Å².